The number of benzene rings is 1. The van der Waals surface area contributed by atoms with E-state index in [1.54, 1.807) is 6.20 Å². The largest absolute Gasteiger partial charge is 0.397 e. The van der Waals surface area contributed by atoms with Gasteiger partial charge in [0.25, 0.3) is 0 Å². The number of rotatable bonds is 3. The Balaban J connectivity index is 1.79. The molecule has 0 atom stereocenters. The number of nitrogens with zero attached hydrogens (tertiary/aromatic N) is 2. The number of piperidine rings is 1. The number of nitrogen functional groups attached to an aromatic ring is 1. The Bertz CT molecular complexity index is 558. The predicted octanol–water partition coefficient (Wildman–Crippen LogP) is 2.15. The average molecular weight is 260 g/mol. The van der Waals surface area contributed by atoms with Crippen molar-refractivity contribution in [1.82, 2.24) is 10.2 Å². The molecule has 1 aliphatic rings. The summed E-state index contributed by atoms with van der Waals surface area (Å²) in [6, 6.07) is 4.08. The van der Waals surface area contributed by atoms with E-state index in [9.17, 15) is 0 Å². The first kappa shape index (κ1) is 12.3. The molecular weight excluding hydrogens is 240 g/mol. The van der Waals surface area contributed by atoms with Gasteiger partial charge in [-0.15, -0.1) is 0 Å². The van der Waals surface area contributed by atoms with Gasteiger partial charge in [-0.05, 0) is 31.9 Å². The van der Waals surface area contributed by atoms with Crippen LogP contribution in [0.2, 0.25) is 0 Å². The van der Waals surface area contributed by atoms with Crippen molar-refractivity contribution < 1.29 is 4.74 Å². The first-order valence-corrected chi connectivity index (χ1v) is 6.87. The molecule has 1 fully saturated rings. The van der Waals surface area contributed by atoms with Gasteiger partial charge in [0.05, 0.1) is 29.2 Å². The number of aromatic amines is 1. The minimum atomic E-state index is 0.401. The number of hydrogen-bond acceptors (Lipinski definition) is 4. The minimum absolute atomic E-state index is 0.401. The maximum absolute atomic E-state index is 6.16. The highest BCUT2D eigenvalue weighted by atomic mass is 16.5. The number of ether oxygens (including phenoxy) is 1. The maximum atomic E-state index is 6.16. The molecule has 5 heteroatoms. The molecular formula is C14H20N4O. The normalized spacial score (nSPS) is 17.2. The number of hydrogen-bond donors (Lipinski definition) is 2. The molecule has 2 heterocycles. The molecule has 0 radical (unpaired) electrons. The summed E-state index contributed by atoms with van der Waals surface area (Å²) in [5.41, 5.74) is 9.12. The van der Waals surface area contributed by atoms with Crippen molar-refractivity contribution in [3.63, 3.8) is 0 Å². The molecule has 3 rings (SSSR count). The molecule has 0 unspecified atom stereocenters. The van der Waals surface area contributed by atoms with Gasteiger partial charge in [-0.1, -0.05) is 0 Å². The van der Waals surface area contributed by atoms with Gasteiger partial charge in [0, 0.05) is 25.1 Å². The van der Waals surface area contributed by atoms with Crippen molar-refractivity contribution in [1.29, 1.82) is 0 Å². The van der Waals surface area contributed by atoms with Gasteiger partial charge in [-0.25, -0.2) is 0 Å². The first-order chi connectivity index (χ1) is 9.28. The lowest BCUT2D eigenvalue weighted by atomic mass is 10.1. The third-order valence-corrected chi connectivity index (χ3v) is 3.77. The minimum Gasteiger partial charge on any atom is -0.397 e. The molecule has 3 N–H and O–H groups in total. The summed E-state index contributed by atoms with van der Waals surface area (Å²) in [7, 11) is 0. The van der Waals surface area contributed by atoms with Crippen molar-refractivity contribution in [3.05, 3.63) is 18.3 Å². The van der Waals surface area contributed by atoms with Gasteiger partial charge >= 0.3 is 0 Å². The zero-order valence-electron chi connectivity index (χ0n) is 11.2. The summed E-state index contributed by atoms with van der Waals surface area (Å²) in [6.45, 7) is 4.84. The molecule has 0 saturated carbocycles. The van der Waals surface area contributed by atoms with E-state index in [4.69, 9.17) is 10.5 Å². The van der Waals surface area contributed by atoms with Crippen LogP contribution in [0.1, 0.15) is 19.8 Å². The Morgan fingerprint density at radius 3 is 2.95 bits per heavy atom. The molecule has 1 saturated heterocycles. The average Bonchev–Trinajstić information content (AvgIpc) is 2.86. The Hall–Kier alpha value is -1.75. The summed E-state index contributed by atoms with van der Waals surface area (Å²) in [6.07, 6.45) is 4.33. The van der Waals surface area contributed by atoms with Crippen molar-refractivity contribution >= 4 is 22.3 Å². The van der Waals surface area contributed by atoms with Crippen LogP contribution in [-0.4, -0.2) is 36.0 Å². The fourth-order valence-corrected chi connectivity index (χ4v) is 2.77. The van der Waals surface area contributed by atoms with Crippen LogP contribution in [0.5, 0.6) is 0 Å². The molecule has 1 aromatic carbocycles. The molecule has 0 bridgehead atoms. The van der Waals surface area contributed by atoms with Crippen molar-refractivity contribution in [3.8, 4) is 0 Å². The lowest BCUT2D eigenvalue weighted by molar-refractivity contribution is 0.0459. The van der Waals surface area contributed by atoms with Gasteiger partial charge in [0.2, 0.25) is 0 Å². The number of anilines is 2. The van der Waals surface area contributed by atoms with Gasteiger partial charge in [-0.3, -0.25) is 5.10 Å². The second-order valence-corrected chi connectivity index (χ2v) is 5.01. The number of H-pyrrole nitrogens is 1. The molecule has 19 heavy (non-hydrogen) atoms. The molecule has 102 valence electrons. The van der Waals surface area contributed by atoms with Crippen LogP contribution in [0.3, 0.4) is 0 Å². The number of nitrogens with two attached hydrogens (primary N) is 1. The zero-order chi connectivity index (χ0) is 13.2. The van der Waals surface area contributed by atoms with E-state index in [0.717, 1.165) is 54.8 Å². The second kappa shape index (κ2) is 5.09. The molecule has 1 aliphatic heterocycles. The maximum Gasteiger partial charge on any atom is 0.0672 e. The molecule has 0 aliphatic carbocycles. The van der Waals surface area contributed by atoms with Gasteiger partial charge in [0.15, 0.2) is 0 Å². The van der Waals surface area contributed by atoms with Crippen molar-refractivity contribution in [2.24, 2.45) is 0 Å². The highest BCUT2D eigenvalue weighted by molar-refractivity contribution is 5.88. The topological polar surface area (TPSA) is 67.2 Å². The summed E-state index contributed by atoms with van der Waals surface area (Å²) >= 11 is 0. The van der Waals surface area contributed by atoms with Gasteiger partial charge < -0.3 is 15.4 Å². The van der Waals surface area contributed by atoms with Crippen molar-refractivity contribution in [2.75, 3.05) is 30.3 Å². The lowest BCUT2D eigenvalue weighted by Gasteiger charge is -2.34. The number of aromatic nitrogens is 2. The van der Waals surface area contributed by atoms with Crippen LogP contribution in [0.25, 0.3) is 10.9 Å². The predicted molar refractivity (Wildman–Crippen MR) is 77.4 cm³/mol. The molecule has 1 aromatic heterocycles. The Kier molecular flexibility index (Phi) is 3.29. The number of nitrogens with one attached hydrogen (secondary N) is 1. The summed E-state index contributed by atoms with van der Waals surface area (Å²) in [5, 5.41) is 8.11. The Morgan fingerprint density at radius 1 is 1.42 bits per heavy atom. The van der Waals surface area contributed by atoms with E-state index >= 15 is 0 Å². The van der Waals surface area contributed by atoms with E-state index < -0.39 is 0 Å². The van der Waals surface area contributed by atoms with Crippen LogP contribution in [0, 0.1) is 0 Å². The van der Waals surface area contributed by atoms with Crippen LogP contribution in [0.15, 0.2) is 18.3 Å². The first-order valence-electron chi connectivity index (χ1n) is 6.87. The van der Waals surface area contributed by atoms with E-state index in [1.165, 1.54) is 0 Å². The highest BCUT2D eigenvalue weighted by Gasteiger charge is 2.21. The third kappa shape index (κ3) is 2.38. The van der Waals surface area contributed by atoms with Crippen LogP contribution in [0.4, 0.5) is 11.4 Å². The monoisotopic (exact) mass is 260 g/mol. The zero-order valence-corrected chi connectivity index (χ0v) is 11.2. The quantitative estimate of drug-likeness (QED) is 0.830. The van der Waals surface area contributed by atoms with E-state index in [1.807, 2.05) is 6.07 Å². The second-order valence-electron chi connectivity index (χ2n) is 5.01. The van der Waals surface area contributed by atoms with E-state index in [0.29, 0.717) is 6.10 Å². The molecule has 0 spiro atoms. The standard InChI is InChI=1S/C14H20N4O/c1-2-19-11-3-5-18(6-4-11)14-8-13-10(7-12(14)15)9-16-17-13/h7-9,11H,2-6,15H2,1H3,(H,16,17). The summed E-state index contributed by atoms with van der Waals surface area (Å²) in [4.78, 5) is 2.34. The Morgan fingerprint density at radius 2 is 2.21 bits per heavy atom. The fourth-order valence-electron chi connectivity index (χ4n) is 2.77. The Labute approximate surface area is 112 Å². The van der Waals surface area contributed by atoms with Gasteiger partial charge in [0.1, 0.15) is 0 Å². The van der Waals surface area contributed by atoms with E-state index in [-0.39, 0.29) is 0 Å². The molecule has 2 aromatic rings. The highest BCUT2D eigenvalue weighted by Crippen LogP contribution is 2.30. The van der Waals surface area contributed by atoms with Gasteiger partial charge in [-0.2, -0.15) is 5.10 Å². The number of fused-ring (bicyclic) bond motifs is 1. The summed E-state index contributed by atoms with van der Waals surface area (Å²) < 4.78 is 5.68. The van der Waals surface area contributed by atoms with Crippen LogP contribution in [-0.2, 0) is 4.74 Å². The third-order valence-electron chi connectivity index (χ3n) is 3.77. The van der Waals surface area contributed by atoms with Crippen molar-refractivity contribution in [2.45, 2.75) is 25.9 Å². The van der Waals surface area contributed by atoms with Crippen LogP contribution < -0.4 is 10.6 Å². The molecule has 5 nitrogen and oxygen atoms in total. The molecule has 0 amide bonds. The van der Waals surface area contributed by atoms with E-state index in [2.05, 4.69) is 28.1 Å². The fraction of sp³-hybridized carbons (Fsp3) is 0.500. The smallest absolute Gasteiger partial charge is 0.0672 e. The SMILES string of the molecule is CCOC1CCN(c2cc3[nH]ncc3cc2N)CC1. The lowest BCUT2D eigenvalue weighted by Crippen LogP contribution is -2.37. The van der Waals surface area contributed by atoms with Crippen LogP contribution >= 0.6 is 0 Å². The summed E-state index contributed by atoms with van der Waals surface area (Å²) in [5.74, 6) is 0.